The number of thiocarbonyl (C=S) groups is 1. The number of unbranched alkanes of at least 4 members (excludes halogenated alkanes) is 1. The first-order valence-electron chi connectivity index (χ1n) is 8.45. The Kier molecular flexibility index (Phi) is 8.53. The quantitative estimate of drug-likeness (QED) is 0.226. The number of hydrogen-bond donors (Lipinski definition) is 1. The molecule has 1 N–H and O–H groups in total. The Bertz CT molecular complexity index is 825. The second kappa shape index (κ2) is 10.6. The number of rotatable bonds is 10. The van der Waals surface area contributed by atoms with Gasteiger partial charge in [-0.3, -0.25) is 14.5 Å². The Hall–Kier alpha value is -1.84. The van der Waals surface area contributed by atoms with Crippen molar-refractivity contribution in [3.63, 3.8) is 0 Å². The predicted molar refractivity (Wildman–Crippen MR) is 118 cm³/mol. The van der Waals surface area contributed by atoms with Crippen LogP contribution in [-0.4, -0.2) is 46.5 Å². The molecule has 0 saturated carbocycles. The molecule has 0 aliphatic carbocycles. The zero-order valence-corrected chi connectivity index (χ0v) is 18.5. The van der Waals surface area contributed by atoms with E-state index >= 15 is 0 Å². The summed E-state index contributed by atoms with van der Waals surface area (Å²) in [5.74, 6) is 0.0786. The Morgan fingerprint density at radius 1 is 1.43 bits per heavy atom. The van der Waals surface area contributed by atoms with Gasteiger partial charge >= 0.3 is 5.97 Å². The zero-order chi connectivity index (χ0) is 20.7. The molecule has 1 fully saturated rings. The summed E-state index contributed by atoms with van der Waals surface area (Å²) in [4.78, 5) is 25.3. The molecular formula is C19H20BrNO5S2. The molecule has 1 amide bonds. The third kappa shape index (κ3) is 5.83. The van der Waals surface area contributed by atoms with E-state index < -0.39 is 5.97 Å². The lowest BCUT2D eigenvalue weighted by Crippen LogP contribution is -2.29. The standard InChI is InChI=1S/C19H20BrNO5S2/c1-3-8-26-17-13(20)9-12(10-14(17)25-2)11-15-18(24)21(19(27)28-15)7-5-4-6-16(22)23/h3,9-11H,1,4-8H2,2H3,(H,22,23). The van der Waals surface area contributed by atoms with Crippen LogP contribution in [0.15, 0.2) is 34.2 Å². The number of halogens is 1. The van der Waals surface area contributed by atoms with Crippen molar-refractivity contribution in [1.29, 1.82) is 0 Å². The molecule has 28 heavy (non-hydrogen) atoms. The van der Waals surface area contributed by atoms with Gasteiger partial charge in [-0.1, -0.05) is 36.6 Å². The van der Waals surface area contributed by atoms with Crippen molar-refractivity contribution in [2.45, 2.75) is 19.3 Å². The number of ether oxygens (including phenoxy) is 2. The van der Waals surface area contributed by atoms with Crippen molar-refractivity contribution >= 4 is 62.2 Å². The SMILES string of the molecule is C=CCOc1c(Br)cc(C=C2SC(=S)N(CCCCC(=O)O)C2=O)cc1OC. The number of carboxylic acids is 1. The molecule has 1 aliphatic rings. The summed E-state index contributed by atoms with van der Waals surface area (Å²) in [6, 6.07) is 3.61. The van der Waals surface area contributed by atoms with Gasteiger partial charge in [-0.05, 0) is 52.5 Å². The average Bonchev–Trinajstić information content (AvgIpc) is 2.90. The average molecular weight is 486 g/mol. The van der Waals surface area contributed by atoms with Gasteiger partial charge in [-0.15, -0.1) is 0 Å². The number of benzene rings is 1. The van der Waals surface area contributed by atoms with Crippen LogP contribution in [0.2, 0.25) is 0 Å². The summed E-state index contributed by atoms with van der Waals surface area (Å²) < 4.78 is 12.2. The highest BCUT2D eigenvalue weighted by Crippen LogP contribution is 2.39. The number of hydrogen-bond acceptors (Lipinski definition) is 6. The lowest BCUT2D eigenvalue weighted by atomic mass is 10.1. The molecule has 1 saturated heterocycles. The van der Waals surface area contributed by atoms with E-state index in [1.165, 1.54) is 16.7 Å². The fourth-order valence-corrected chi connectivity index (χ4v) is 4.38. The fraction of sp³-hybridized carbons (Fsp3) is 0.316. The molecule has 0 aromatic heterocycles. The molecule has 0 radical (unpaired) electrons. The number of methoxy groups -OCH3 is 1. The van der Waals surface area contributed by atoms with E-state index in [1.54, 1.807) is 25.3 Å². The lowest BCUT2D eigenvalue weighted by molar-refractivity contribution is -0.137. The monoisotopic (exact) mass is 485 g/mol. The zero-order valence-electron chi connectivity index (χ0n) is 15.3. The molecule has 0 atom stereocenters. The van der Waals surface area contributed by atoms with Gasteiger partial charge in [-0.2, -0.15) is 0 Å². The number of carbonyl (C=O) groups excluding carboxylic acids is 1. The van der Waals surface area contributed by atoms with Gasteiger partial charge in [0.25, 0.3) is 5.91 Å². The molecule has 1 aliphatic heterocycles. The Labute approximate surface area is 181 Å². The van der Waals surface area contributed by atoms with Crippen LogP contribution in [-0.2, 0) is 9.59 Å². The minimum Gasteiger partial charge on any atom is -0.493 e. The summed E-state index contributed by atoms with van der Waals surface area (Å²) >= 11 is 10.00. The second-order valence-electron chi connectivity index (χ2n) is 5.82. The van der Waals surface area contributed by atoms with Crippen molar-refractivity contribution in [2.75, 3.05) is 20.3 Å². The van der Waals surface area contributed by atoms with E-state index in [9.17, 15) is 9.59 Å². The fourth-order valence-electron chi connectivity index (χ4n) is 2.50. The molecule has 9 heteroatoms. The number of nitrogens with zero attached hydrogens (tertiary/aromatic N) is 1. The van der Waals surface area contributed by atoms with E-state index in [4.69, 9.17) is 26.8 Å². The van der Waals surface area contributed by atoms with E-state index in [2.05, 4.69) is 22.5 Å². The largest absolute Gasteiger partial charge is 0.493 e. The molecule has 1 aromatic rings. The molecule has 6 nitrogen and oxygen atoms in total. The van der Waals surface area contributed by atoms with Gasteiger partial charge < -0.3 is 14.6 Å². The lowest BCUT2D eigenvalue weighted by Gasteiger charge is -2.14. The van der Waals surface area contributed by atoms with Crippen molar-refractivity contribution in [1.82, 2.24) is 4.90 Å². The first kappa shape index (κ1) is 22.4. The van der Waals surface area contributed by atoms with Gasteiger partial charge in [0.2, 0.25) is 0 Å². The normalized spacial score (nSPS) is 15.2. The van der Waals surface area contributed by atoms with Crippen LogP contribution in [0.25, 0.3) is 6.08 Å². The summed E-state index contributed by atoms with van der Waals surface area (Å²) in [6.45, 7) is 4.38. The minimum absolute atomic E-state index is 0.0821. The van der Waals surface area contributed by atoms with Crippen molar-refractivity contribution in [3.8, 4) is 11.5 Å². The number of carboxylic acid groups (broad SMARTS) is 1. The van der Waals surface area contributed by atoms with Crippen LogP contribution in [0.1, 0.15) is 24.8 Å². The Morgan fingerprint density at radius 2 is 2.18 bits per heavy atom. The van der Waals surface area contributed by atoms with Crippen LogP contribution in [0.5, 0.6) is 11.5 Å². The van der Waals surface area contributed by atoms with E-state index in [-0.39, 0.29) is 12.3 Å². The summed E-state index contributed by atoms with van der Waals surface area (Å²) in [5.41, 5.74) is 0.765. The van der Waals surface area contributed by atoms with Crippen LogP contribution >= 0.6 is 39.9 Å². The van der Waals surface area contributed by atoms with Crippen molar-refractivity contribution in [3.05, 3.63) is 39.7 Å². The number of carbonyl (C=O) groups is 2. The second-order valence-corrected chi connectivity index (χ2v) is 8.35. The maximum Gasteiger partial charge on any atom is 0.303 e. The summed E-state index contributed by atoms with van der Waals surface area (Å²) in [7, 11) is 1.54. The topological polar surface area (TPSA) is 76.1 Å². The molecule has 0 unspecified atom stereocenters. The van der Waals surface area contributed by atoms with Gasteiger partial charge in [0.15, 0.2) is 11.5 Å². The molecular weight excluding hydrogens is 466 g/mol. The number of thioether (sulfide) groups is 1. The highest BCUT2D eigenvalue weighted by atomic mass is 79.9. The molecule has 0 spiro atoms. The Balaban J connectivity index is 2.15. The highest BCUT2D eigenvalue weighted by molar-refractivity contribution is 9.10. The first-order valence-corrected chi connectivity index (χ1v) is 10.5. The maximum atomic E-state index is 12.7. The highest BCUT2D eigenvalue weighted by Gasteiger charge is 2.31. The molecule has 2 rings (SSSR count). The molecule has 1 heterocycles. The summed E-state index contributed by atoms with van der Waals surface area (Å²) in [5, 5.41) is 8.70. The number of amides is 1. The van der Waals surface area contributed by atoms with Gasteiger partial charge in [0.1, 0.15) is 10.9 Å². The Morgan fingerprint density at radius 3 is 2.82 bits per heavy atom. The van der Waals surface area contributed by atoms with Crippen molar-refractivity contribution < 1.29 is 24.2 Å². The van der Waals surface area contributed by atoms with E-state index in [0.717, 1.165) is 5.56 Å². The third-order valence-corrected chi connectivity index (χ3v) is 5.76. The predicted octanol–water partition coefficient (Wildman–Crippen LogP) is 4.48. The molecule has 0 bridgehead atoms. The minimum atomic E-state index is -0.842. The van der Waals surface area contributed by atoms with Crippen LogP contribution in [0, 0.1) is 0 Å². The van der Waals surface area contributed by atoms with E-state index in [0.29, 0.717) is 51.2 Å². The van der Waals surface area contributed by atoms with Crippen LogP contribution in [0.3, 0.4) is 0 Å². The molecule has 1 aromatic carbocycles. The smallest absolute Gasteiger partial charge is 0.303 e. The number of aliphatic carboxylic acids is 1. The maximum absolute atomic E-state index is 12.7. The van der Waals surface area contributed by atoms with Crippen LogP contribution in [0.4, 0.5) is 0 Å². The third-order valence-electron chi connectivity index (χ3n) is 3.79. The van der Waals surface area contributed by atoms with Crippen molar-refractivity contribution in [2.24, 2.45) is 0 Å². The first-order chi connectivity index (χ1) is 13.4. The van der Waals surface area contributed by atoms with Gasteiger partial charge in [0.05, 0.1) is 16.5 Å². The van der Waals surface area contributed by atoms with E-state index in [1.807, 2.05) is 6.07 Å². The molecule has 150 valence electrons. The van der Waals surface area contributed by atoms with Gasteiger partial charge in [0, 0.05) is 13.0 Å². The summed E-state index contributed by atoms with van der Waals surface area (Å²) in [6.07, 6.45) is 4.56. The van der Waals surface area contributed by atoms with Gasteiger partial charge in [-0.25, -0.2) is 0 Å². The van der Waals surface area contributed by atoms with Crippen LogP contribution < -0.4 is 9.47 Å².